The normalized spacial score (nSPS) is 29.4. The first-order valence-electron chi connectivity index (χ1n) is 7.06. The summed E-state index contributed by atoms with van der Waals surface area (Å²) in [6.45, 7) is 2.33. The first-order valence-corrected chi connectivity index (χ1v) is 8.25. The molecule has 1 N–H and O–H groups in total. The van der Waals surface area contributed by atoms with Gasteiger partial charge < -0.3 is 10.1 Å². The number of hydrogen-bond donors (Lipinski definition) is 1. The van der Waals surface area contributed by atoms with Crippen LogP contribution in [0, 0.1) is 5.92 Å². The summed E-state index contributed by atoms with van der Waals surface area (Å²) < 4.78 is 6.86. The van der Waals surface area contributed by atoms with Gasteiger partial charge >= 0.3 is 0 Å². The molecule has 0 amide bonds. The summed E-state index contributed by atoms with van der Waals surface area (Å²) in [7, 11) is 3.91. The largest absolute Gasteiger partial charge is 0.377 e. The topological polar surface area (TPSA) is 21.3 Å². The Balaban J connectivity index is 2.13. The second-order valence-electron chi connectivity index (χ2n) is 5.72. The zero-order valence-electron chi connectivity index (χ0n) is 12.0. The van der Waals surface area contributed by atoms with Crippen molar-refractivity contribution >= 4 is 22.9 Å². The van der Waals surface area contributed by atoms with Crippen molar-refractivity contribution < 1.29 is 4.74 Å². The number of rotatable bonds is 5. The molecule has 108 valence electrons. The van der Waals surface area contributed by atoms with E-state index >= 15 is 0 Å². The molecule has 0 radical (unpaired) electrons. The van der Waals surface area contributed by atoms with Crippen molar-refractivity contribution in [3.05, 3.63) is 21.3 Å². The van der Waals surface area contributed by atoms with Gasteiger partial charge in [0.1, 0.15) is 0 Å². The Kier molecular flexibility index (Phi) is 5.29. The SMILES string of the molecule is CNC(Cc1ccc(Cl)s1)C1(OC)CCCC(C)C1. The average molecular weight is 302 g/mol. The summed E-state index contributed by atoms with van der Waals surface area (Å²) in [6.07, 6.45) is 5.88. The number of methoxy groups -OCH3 is 1. The fraction of sp³-hybridized carbons (Fsp3) is 0.733. The first-order chi connectivity index (χ1) is 9.09. The lowest BCUT2D eigenvalue weighted by atomic mass is 9.73. The molecule has 1 aromatic heterocycles. The van der Waals surface area contributed by atoms with E-state index in [1.165, 1.54) is 17.7 Å². The lowest BCUT2D eigenvalue weighted by molar-refractivity contribution is -0.0773. The molecular formula is C15H24ClNOS. The second-order valence-corrected chi connectivity index (χ2v) is 7.52. The molecule has 2 rings (SSSR count). The van der Waals surface area contributed by atoms with E-state index in [2.05, 4.69) is 18.3 Å². The van der Waals surface area contributed by atoms with Gasteiger partial charge in [-0.15, -0.1) is 11.3 Å². The van der Waals surface area contributed by atoms with Crippen molar-refractivity contribution in [2.45, 2.75) is 50.7 Å². The Hall–Kier alpha value is -0.0900. The number of halogens is 1. The maximum absolute atomic E-state index is 6.03. The molecule has 1 aromatic rings. The number of nitrogens with one attached hydrogen (secondary N) is 1. The van der Waals surface area contributed by atoms with Crippen LogP contribution in [0.4, 0.5) is 0 Å². The predicted octanol–water partition coefficient (Wildman–Crippen LogP) is 4.13. The van der Waals surface area contributed by atoms with Gasteiger partial charge in [-0.05, 0) is 44.4 Å². The van der Waals surface area contributed by atoms with E-state index in [1.54, 1.807) is 11.3 Å². The molecule has 19 heavy (non-hydrogen) atoms. The van der Waals surface area contributed by atoms with Crippen LogP contribution in [-0.4, -0.2) is 25.8 Å². The Labute approximate surface area is 125 Å². The lowest BCUT2D eigenvalue weighted by Gasteiger charge is -2.44. The predicted molar refractivity (Wildman–Crippen MR) is 83.3 cm³/mol. The van der Waals surface area contributed by atoms with Gasteiger partial charge in [-0.2, -0.15) is 0 Å². The highest BCUT2D eigenvalue weighted by Gasteiger charge is 2.41. The highest BCUT2D eigenvalue weighted by Crippen LogP contribution is 2.38. The van der Waals surface area contributed by atoms with Crippen molar-refractivity contribution in [3.8, 4) is 0 Å². The highest BCUT2D eigenvalue weighted by molar-refractivity contribution is 7.16. The Morgan fingerprint density at radius 2 is 2.37 bits per heavy atom. The quantitative estimate of drug-likeness (QED) is 0.883. The Bertz CT molecular complexity index is 409. The molecule has 1 heterocycles. The third kappa shape index (κ3) is 3.52. The molecule has 1 fully saturated rings. The molecule has 3 atom stereocenters. The summed E-state index contributed by atoms with van der Waals surface area (Å²) in [5.41, 5.74) is -0.0249. The molecule has 0 spiro atoms. The van der Waals surface area contributed by atoms with Crippen molar-refractivity contribution in [1.82, 2.24) is 5.32 Å². The van der Waals surface area contributed by atoms with Gasteiger partial charge in [-0.3, -0.25) is 0 Å². The van der Waals surface area contributed by atoms with Gasteiger partial charge in [0.05, 0.1) is 9.94 Å². The van der Waals surface area contributed by atoms with Gasteiger partial charge in [0.15, 0.2) is 0 Å². The zero-order chi connectivity index (χ0) is 13.9. The first kappa shape index (κ1) is 15.3. The van der Waals surface area contributed by atoms with E-state index in [4.69, 9.17) is 16.3 Å². The van der Waals surface area contributed by atoms with Crippen LogP contribution in [0.3, 0.4) is 0 Å². The van der Waals surface area contributed by atoms with Gasteiger partial charge in [-0.1, -0.05) is 31.4 Å². The molecule has 4 heteroatoms. The van der Waals surface area contributed by atoms with E-state index in [1.807, 2.05) is 20.2 Å². The zero-order valence-corrected chi connectivity index (χ0v) is 13.6. The Morgan fingerprint density at radius 1 is 1.58 bits per heavy atom. The molecule has 0 aromatic carbocycles. The molecule has 3 unspecified atom stereocenters. The monoisotopic (exact) mass is 301 g/mol. The van der Waals surface area contributed by atoms with Crippen molar-refractivity contribution in [2.75, 3.05) is 14.2 Å². The number of hydrogen-bond acceptors (Lipinski definition) is 3. The second kappa shape index (κ2) is 6.57. The molecule has 0 saturated heterocycles. The van der Waals surface area contributed by atoms with E-state index in [9.17, 15) is 0 Å². The summed E-state index contributed by atoms with van der Waals surface area (Å²) >= 11 is 7.71. The summed E-state index contributed by atoms with van der Waals surface area (Å²) in [5, 5.41) is 3.48. The van der Waals surface area contributed by atoms with E-state index in [0.717, 1.165) is 29.5 Å². The van der Waals surface area contributed by atoms with E-state index < -0.39 is 0 Å². The minimum absolute atomic E-state index is 0.0249. The minimum atomic E-state index is -0.0249. The molecule has 1 aliphatic rings. The standard InChI is InChI=1S/C15H24ClNOS/c1-11-5-4-8-15(10-11,18-3)13(17-2)9-12-6-7-14(16)19-12/h6-7,11,13,17H,4-5,8-10H2,1-3H3. The fourth-order valence-electron chi connectivity index (χ4n) is 3.40. The summed E-state index contributed by atoms with van der Waals surface area (Å²) in [5.74, 6) is 0.747. The van der Waals surface area contributed by atoms with Crippen LogP contribution in [-0.2, 0) is 11.2 Å². The van der Waals surface area contributed by atoms with E-state index in [-0.39, 0.29) is 5.60 Å². The molecule has 2 nitrogen and oxygen atoms in total. The third-order valence-corrected chi connectivity index (χ3v) is 5.67. The molecular weight excluding hydrogens is 278 g/mol. The van der Waals surface area contributed by atoms with Crippen LogP contribution in [0.5, 0.6) is 0 Å². The average Bonchev–Trinajstić information content (AvgIpc) is 2.81. The highest BCUT2D eigenvalue weighted by atomic mass is 35.5. The maximum Gasteiger partial charge on any atom is 0.0931 e. The van der Waals surface area contributed by atoms with Gasteiger partial charge in [0, 0.05) is 18.0 Å². The van der Waals surface area contributed by atoms with Crippen molar-refractivity contribution in [2.24, 2.45) is 5.92 Å². The van der Waals surface area contributed by atoms with Crippen molar-refractivity contribution in [1.29, 1.82) is 0 Å². The smallest absolute Gasteiger partial charge is 0.0931 e. The third-order valence-electron chi connectivity index (χ3n) is 4.42. The van der Waals surface area contributed by atoms with Crippen LogP contribution in [0.15, 0.2) is 12.1 Å². The molecule has 0 bridgehead atoms. The Morgan fingerprint density at radius 3 is 2.89 bits per heavy atom. The maximum atomic E-state index is 6.03. The van der Waals surface area contributed by atoms with E-state index in [0.29, 0.717) is 6.04 Å². The van der Waals surface area contributed by atoms with Gasteiger partial charge in [-0.25, -0.2) is 0 Å². The summed E-state index contributed by atoms with van der Waals surface area (Å²) in [4.78, 5) is 1.33. The molecule has 1 saturated carbocycles. The fourth-order valence-corrected chi connectivity index (χ4v) is 4.53. The number of likely N-dealkylation sites (N-methyl/N-ethyl adjacent to an activating group) is 1. The molecule has 0 aliphatic heterocycles. The van der Waals surface area contributed by atoms with Crippen LogP contribution in [0.25, 0.3) is 0 Å². The summed E-state index contributed by atoms with van der Waals surface area (Å²) in [6, 6.07) is 4.47. The van der Waals surface area contributed by atoms with Gasteiger partial charge in [0.25, 0.3) is 0 Å². The lowest BCUT2D eigenvalue weighted by Crippen LogP contribution is -2.54. The molecule has 1 aliphatic carbocycles. The van der Waals surface area contributed by atoms with Crippen LogP contribution >= 0.6 is 22.9 Å². The van der Waals surface area contributed by atoms with Crippen LogP contribution < -0.4 is 5.32 Å². The van der Waals surface area contributed by atoms with Crippen LogP contribution in [0.1, 0.15) is 37.5 Å². The van der Waals surface area contributed by atoms with Gasteiger partial charge in [0.2, 0.25) is 0 Å². The van der Waals surface area contributed by atoms with Crippen molar-refractivity contribution in [3.63, 3.8) is 0 Å². The van der Waals surface area contributed by atoms with Crippen LogP contribution in [0.2, 0.25) is 4.34 Å². The minimum Gasteiger partial charge on any atom is -0.377 e. The number of thiophene rings is 1. The number of ether oxygens (including phenoxy) is 1.